The first kappa shape index (κ1) is 12.7. The van der Waals surface area contributed by atoms with Crippen molar-refractivity contribution in [2.75, 3.05) is 5.32 Å². The van der Waals surface area contributed by atoms with Crippen molar-refractivity contribution in [1.82, 2.24) is 0 Å². The van der Waals surface area contributed by atoms with Crippen LogP contribution in [0.4, 0.5) is 11.4 Å². The van der Waals surface area contributed by atoms with E-state index in [0.717, 1.165) is 16.9 Å². The lowest BCUT2D eigenvalue weighted by atomic mass is 10.1. The highest BCUT2D eigenvalue weighted by Gasteiger charge is 2.06. The fourth-order valence-corrected chi connectivity index (χ4v) is 2.04. The zero-order valence-corrected chi connectivity index (χ0v) is 11.1. The van der Waals surface area contributed by atoms with Gasteiger partial charge >= 0.3 is 0 Å². The summed E-state index contributed by atoms with van der Waals surface area (Å²) in [6.07, 6.45) is 0. The lowest BCUT2D eigenvalue weighted by Crippen LogP contribution is -1.97. The van der Waals surface area contributed by atoms with E-state index in [0.29, 0.717) is 5.56 Å². The Morgan fingerprint density at radius 3 is 2.39 bits per heavy atom. The average molecular weight is 260 g/mol. The molecule has 0 heterocycles. The van der Waals surface area contributed by atoms with Gasteiger partial charge in [-0.05, 0) is 60.8 Å². The molecule has 2 aromatic rings. The van der Waals surface area contributed by atoms with Gasteiger partial charge in [-0.3, -0.25) is 4.79 Å². The van der Waals surface area contributed by atoms with E-state index in [-0.39, 0.29) is 0 Å². The molecule has 2 aromatic carbocycles. The predicted octanol–water partition coefficient (Wildman–Crippen LogP) is 4.43. The van der Waals surface area contributed by atoms with Gasteiger partial charge in [0.2, 0.25) is 0 Å². The van der Waals surface area contributed by atoms with Crippen molar-refractivity contribution in [1.29, 1.82) is 0 Å². The van der Waals surface area contributed by atoms with Gasteiger partial charge in [-0.2, -0.15) is 0 Å². The number of nitrogens with one attached hydrogen (secondary N) is 1. The molecular weight excluding hydrogens is 246 g/mol. The zero-order valence-electron chi connectivity index (χ0n) is 10.3. The second-order valence-corrected chi connectivity index (χ2v) is 4.59. The molecule has 0 atom stereocenters. The summed E-state index contributed by atoms with van der Waals surface area (Å²) in [5.41, 5.74) is 4.60. The lowest BCUT2D eigenvalue weighted by Gasteiger charge is -2.11. The second-order valence-electron chi connectivity index (χ2n) is 4.24. The van der Waals surface area contributed by atoms with Crippen molar-refractivity contribution in [3.8, 4) is 0 Å². The molecule has 0 radical (unpaired) electrons. The van der Waals surface area contributed by atoms with Gasteiger partial charge in [-0.1, -0.05) is 18.2 Å². The number of rotatable bonds is 3. The van der Waals surface area contributed by atoms with Crippen LogP contribution in [-0.4, -0.2) is 5.24 Å². The standard InChI is InChI=1S/C15H14ClNO/c1-10-5-3-4-6-14(10)17-12-7-8-13(15(16)18)11(2)9-12/h3-9,17H,1-2H3. The van der Waals surface area contributed by atoms with Gasteiger partial charge < -0.3 is 5.32 Å². The minimum Gasteiger partial charge on any atom is -0.355 e. The molecule has 2 rings (SSSR count). The lowest BCUT2D eigenvalue weighted by molar-refractivity contribution is 0.108. The number of benzene rings is 2. The number of carbonyl (C=O) groups excluding carboxylic acids is 1. The van der Waals surface area contributed by atoms with Crippen molar-refractivity contribution in [3.05, 3.63) is 59.2 Å². The molecule has 1 N–H and O–H groups in total. The number of carbonyl (C=O) groups is 1. The summed E-state index contributed by atoms with van der Waals surface area (Å²) in [5, 5.41) is 2.90. The topological polar surface area (TPSA) is 29.1 Å². The van der Waals surface area contributed by atoms with E-state index in [2.05, 4.69) is 5.32 Å². The zero-order chi connectivity index (χ0) is 13.1. The molecule has 0 aliphatic heterocycles. The third-order valence-electron chi connectivity index (χ3n) is 2.86. The highest BCUT2D eigenvalue weighted by Crippen LogP contribution is 2.22. The fraction of sp³-hybridized carbons (Fsp3) is 0.133. The Kier molecular flexibility index (Phi) is 3.68. The summed E-state index contributed by atoms with van der Waals surface area (Å²) < 4.78 is 0. The Bertz CT molecular complexity index is 593. The first-order chi connectivity index (χ1) is 8.58. The third kappa shape index (κ3) is 2.71. The summed E-state index contributed by atoms with van der Waals surface area (Å²) in [6.45, 7) is 3.92. The second kappa shape index (κ2) is 5.23. The van der Waals surface area contributed by atoms with Crippen LogP contribution in [0, 0.1) is 13.8 Å². The van der Waals surface area contributed by atoms with Gasteiger partial charge in [0, 0.05) is 16.9 Å². The largest absolute Gasteiger partial charge is 0.355 e. The molecule has 0 bridgehead atoms. The number of anilines is 2. The molecule has 0 saturated carbocycles. The van der Waals surface area contributed by atoms with Crippen LogP contribution in [-0.2, 0) is 0 Å². The number of para-hydroxylation sites is 1. The molecule has 0 spiro atoms. The first-order valence-corrected chi connectivity index (χ1v) is 6.09. The highest BCUT2D eigenvalue weighted by molar-refractivity contribution is 6.67. The van der Waals surface area contributed by atoms with Crippen LogP contribution in [0.2, 0.25) is 0 Å². The third-order valence-corrected chi connectivity index (χ3v) is 3.07. The van der Waals surface area contributed by atoms with Crippen LogP contribution in [0.3, 0.4) is 0 Å². The van der Waals surface area contributed by atoms with Gasteiger partial charge in [0.25, 0.3) is 5.24 Å². The Labute approximate surface area is 112 Å². The maximum absolute atomic E-state index is 11.1. The van der Waals surface area contributed by atoms with E-state index in [1.165, 1.54) is 5.56 Å². The smallest absolute Gasteiger partial charge is 0.252 e. The van der Waals surface area contributed by atoms with Crippen molar-refractivity contribution >= 4 is 28.2 Å². The Hall–Kier alpha value is -1.80. The molecule has 0 fully saturated rings. The van der Waals surface area contributed by atoms with Crippen LogP contribution < -0.4 is 5.32 Å². The molecule has 0 unspecified atom stereocenters. The number of aryl methyl sites for hydroxylation is 2. The van der Waals surface area contributed by atoms with Gasteiger partial charge in [-0.25, -0.2) is 0 Å². The van der Waals surface area contributed by atoms with E-state index in [1.807, 2.05) is 50.2 Å². The summed E-state index contributed by atoms with van der Waals surface area (Å²) in [6, 6.07) is 13.6. The molecule has 18 heavy (non-hydrogen) atoms. The molecule has 92 valence electrons. The van der Waals surface area contributed by atoms with Gasteiger partial charge in [0.05, 0.1) is 0 Å². The molecular formula is C15H14ClNO. The van der Waals surface area contributed by atoms with Crippen LogP contribution in [0.1, 0.15) is 21.5 Å². The number of hydrogen-bond donors (Lipinski definition) is 1. The molecule has 0 amide bonds. The van der Waals surface area contributed by atoms with Crippen LogP contribution >= 0.6 is 11.6 Å². The normalized spacial score (nSPS) is 10.2. The Morgan fingerprint density at radius 1 is 1.06 bits per heavy atom. The van der Waals surface area contributed by atoms with Crippen LogP contribution in [0.15, 0.2) is 42.5 Å². The van der Waals surface area contributed by atoms with Crippen molar-refractivity contribution in [2.24, 2.45) is 0 Å². The van der Waals surface area contributed by atoms with E-state index in [4.69, 9.17) is 11.6 Å². The fourth-order valence-electron chi connectivity index (χ4n) is 1.83. The molecule has 0 aliphatic rings. The quantitative estimate of drug-likeness (QED) is 0.827. The predicted molar refractivity (Wildman–Crippen MR) is 75.8 cm³/mol. The minimum absolute atomic E-state index is 0.421. The molecule has 0 saturated heterocycles. The van der Waals surface area contributed by atoms with Crippen molar-refractivity contribution in [2.45, 2.75) is 13.8 Å². The Morgan fingerprint density at radius 2 is 1.78 bits per heavy atom. The van der Waals surface area contributed by atoms with Gasteiger partial charge in [0.1, 0.15) is 0 Å². The van der Waals surface area contributed by atoms with E-state index < -0.39 is 5.24 Å². The van der Waals surface area contributed by atoms with E-state index >= 15 is 0 Å². The molecule has 0 aliphatic carbocycles. The summed E-state index contributed by atoms with van der Waals surface area (Å²) in [4.78, 5) is 11.1. The summed E-state index contributed by atoms with van der Waals surface area (Å²) in [7, 11) is 0. The van der Waals surface area contributed by atoms with Gasteiger partial charge in [-0.15, -0.1) is 0 Å². The van der Waals surface area contributed by atoms with Crippen molar-refractivity contribution in [3.63, 3.8) is 0 Å². The summed E-state index contributed by atoms with van der Waals surface area (Å²) in [5.74, 6) is 0. The van der Waals surface area contributed by atoms with Gasteiger partial charge in [0.15, 0.2) is 0 Å². The maximum Gasteiger partial charge on any atom is 0.252 e. The maximum atomic E-state index is 11.1. The number of hydrogen-bond acceptors (Lipinski definition) is 2. The Balaban J connectivity index is 2.29. The molecule has 3 heteroatoms. The number of halogens is 1. The first-order valence-electron chi connectivity index (χ1n) is 5.71. The van der Waals surface area contributed by atoms with E-state index in [9.17, 15) is 4.79 Å². The minimum atomic E-state index is -0.421. The van der Waals surface area contributed by atoms with Crippen molar-refractivity contribution < 1.29 is 4.79 Å². The highest BCUT2D eigenvalue weighted by atomic mass is 35.5. The summed E-state index contributed by atoms with van der Waals surface area (Å²) >= 11 is 5.49. The van der Waals surface area contributed by atoms with E-state index in [1.54, 1.807) is 6.07 Å². The molecule has 0 aromatic heterocycles. The molecule has 2 nitrogen and oxygen atoms in total. The van der Waals surface area contributed by atoms with Crippen LogP contribution in [0.5, 0.6) is 0 Å². The monoisotopic (exact) mass is 259 g/mol. The van der Waals surface area contributed by atoms with Crippen LogP contribution in [0.25, 0.3) is 0 Å². The average Bonchev–Trinajstić information content (AvgIpc) is 2.32. The SMILES string of the molecule is Cc1ccccc1Nc1ccc(C(=O)Cl)c(C)c1.